The molecule has 5 heteroatoms. The highest BCUT2D eigenvalue weighted by molar-refractivity contribution is 7.16. The second kappa shape index (κ2) is 7.25. The van der Waals surface area contributed by atoms with Gasteiger partial charge in [0.1, 0.15) is 0 Å². The van der Waals surface area contributed by atoms with E-state index in [-0.39, 0.29) is 6.61 Å². The Balaban J connectivity index is 2.36. The molecule has 1 aromatic rings. The van der Waals surface area contributed by atoms with E-state index in [1.54, 1.807) is 6.07 Å². The molecule has 0 bridgehead atoms. The summed E-state index contributed by atoms with van der Waals surface area (Å²) < 4.78 is 0.705. The average molecular weight is 264 g/mol. The molecular weight excluding hydrogens is 246 g/mol. The Morgan fingerprint density at radius 2 is 2.19 bits per heavy atom. The van der Waals surface area contributed by atoms with Crippen LogP contribution < -0.4 is 0 Å². The molecule has 0 saturated carbocycles. The summed E-state index contributed by atoms with van der Waals surface area (Å²) in [5.74, 6) is 0. The first-order chi connectivity index (χ1) is 7.67. The van der Waals surface area contributed by atoms with Gasteiger partial charge in [-0.25, -0.2) is 0 Å². The van der Waals surface area contributed by atoms with Crippen LogP contribution >= 0.6 is 22.9 Å². The number of halogens is 1. The van der Waals surface area contributed by atoms with Gasteiger partial charge in [-0.05, 0) is 25.1 Å². The summed E-state index contributed by atoms with van der Waals surface area (Å²) in [4.78, 5) is 3.02. The van der Waals surface area contributed by atoms with Crippen molar-refractivity contribution in [3.63, 3.8) is 0 Å². The number of likely N-dealkylation sites (N-methyl/N-ethyl adjacent to an activating group) is 1. The van der Waals surface area contributed by atoms with E-state index < -0.39 is 6.10 Å². The Hall–Kier alpha value is -0.130. The van der Waals surface area contributed by atoms with Crippen LogP contribution in [0.4, 0.5) is 0 Å². The van der Waals surface area contributed by atoms with Gasteiger partial charge in [-0.2, -0.15) is 0 Å². The molecule has 16 heavy (non-hydrogen) atoms. The quantitative estimate of drug-likeness (QED) is 0.792. The lowest BCUT2D eigenvalue weighted by atomic mass is 10.2. The Bertz CT molecular complexity index is 306. The predicted molar refractivity (Wildman–Crippen MR) is 68.1 cm³/mol. The van der Waals surface area contributed by atoms with Crippen LogP contribution in [-0.2, 0) is 0 Å². The van der Waals surface area contributed by atoms with Gasteiger partial charge in [0.15, 0.2) is 0 Å². The second-order valence-electron chi connectivity index (χ2n) is 3.60. The van der Waals surface area contributed by atoms with Gasteiger partial charge in [-0.1, -0.05) is 18.5 Å². The molecule has 0 aliphatic heterocycles. The highest BCUT2D eigenvalue weighted by Crippen LogP contribution is 2.28. The zero-order valence-corrected chi connectivity index (χ0v) is 11.0. The van der Waals surface area contributed by atoms with E-state index in [4.69, 9.17) is 16.7 Å². The minimum atomic E-state index is -0.453. The largest absolute Gasteiger partial charge is 0.395 e. The lowest BCUT2D eigenvalue weighted by molar-refractivity contribution is 0.136. The first-order valence-electron chi connectivity index (χ1n) is 5.44. The molecular formula is C11H18ClNO2S. The summed E-state index contributed by atoms with van der Waals surface area (Å²) in [6, 6.07) is 3.66. The molecule has 1 heterocycles. The van der Waals surface area contributed by atoms with Crippen molar-refractivity contribution >= 4 is 22.9 Å². The molecule has 3 nitrogen and oxygen atoms in total. The highest BCUT2D eigenvalue weighted by atomic mass is 35.5. The molecule has 0 aliphatic rings. The van der Waals surface area contributed by atoms with Crippen LogP contribution in [0.5, 0.6) is 0 Å². The Morgan fingerprint density at radius 1 is 1.44 bits per heavy atom. The summed E-state index contributed by atoms with van der Waals surface area (Å²) in [7, 11) is 0. The number of nitrogens with zero attached hydrogens (tertiary/aromatic N) is 1. The summed E-state index contributed by atoms with van der Waals surface area (Å²) in [5, 5.41) is 18.7. The van der Waals surface area contributed by atoms with Crippen molar-refractivity contribution in [3.8, 4) is 0 Å². The number of hydrogen-bond acceptors (Lipinski definition) is 4. The van der Waals surface area contributed by atoms with Crippen LogP contribution in [0.25, 0.3) is 0 Å². The number of aliphatic hydroxyl groups is 2. The third-order valence-electron chi connectivity index (χ3n) is 2.50. The lowest BCUT2D eigenvalue weighted by Gasteiger charge is -2.20. The minimum Gasteiger partial charge on any atom is -0.395 e. The van der Waals surface area contributed by atoms with Gasteiger partial charge in [0.2, 0.25) is 0 Å². The summed E-state index contributed by atoms with van der Waals surface area (Å²) >= 11 is 7.22. The highest BCUT2D eigenvalue weighted by Gasteiger charge is 2.11. The topological polar surface area (TPSA) is 43.7 Å². The molecule has 0 saturated heterocycles. The van der Waals surface area contributed by atoms with Crippen LogP contribution in [0.2, 0.25) is 4.34 Å². The standard InChI is InChI=1S/C11H18ClNO2S/c1-2-13(7-8-14)6-5-9(15)10-3-4-11(12)16-10/h3-4,9,14-15H,2,5-8H2,1H3. The lowest BCUT2D eigenvalue weighted by Crippen LogP contribution is -2.28. The van der Waals surface area contributed by atoms with E-state index in [2.05, 4.69) is 4.90 Å². The summed E-state index contributed by atoms with van der Waals surface area (Å²) in [6.45, 7) is 4.54. The molecule has 0 spiro atoms. The predicted octanol–water partition coefficient (Wildman–Crippen LogP) is 2.14. The molecule has 1 aromatic heterocycles. The van der Waals surface area contributed by atoms with Gasteiger partial charge in [0, 0.05) is 18.0 Å². The molecule has 0 radical (unpaired) electrons. The summed E-state index contributed by atoms with van der Waals surface area (Å²) in [6.07, 6.45) is 0.218. The van der Waals surface area contributed by atoms with E-state index in [9.17, 15) is 5.11 Å². The molecule has 0 aliphatic carbocycles. The maximum Gasteiger partial charge on any atom is 0.0932 e. The zero-order chi connectivity index (χ0) is 12.0. The van der Waals surface area contributed by atoms with Gasteiger partial charge in [-0.3, -0.25) is 0 Å². The van der Waals surface area contributed by atoms with E-state index in [0.29, 0.717) is 17.3 Å². The number of thiophene rings is 1. The molecule has 1 atom stereocenters. The maximum absolute atomic E-state index is 9.91. The van der Waals surface area contributed by atoms with Crippen molar-refractivity contribution in [1.82, 2.24) is 4.90 Å². The zero-order valence-electron chi connectivity index (χ0n) is 9.40. The van der Waals surface area contributed by atoms with Gasteiger partial charge in [-0.15, -0.1) is 11.3 Å². The van der Waals surface area contributed by atoms with Crippen molar-refractivity contribution in [2.75, 3.05) is 26.2 Å². The van der Waals surface area contributed by atoms with Crippen LogP contribution in [0.1, 0.15) is 24.3 Å². The van der Waals surface area contributed by atoms with E-state index >= 15 is 0 Å². The first-order valence-corrected chi connectivity index (χ1v) is 6.63. The molecule has 0 amide bonds. The van der Waals surface area contributed by atoms with Gasteiger partial charge in [0.05, 0.1) is 17.0 Å². The molecule has 2 N–H and O–H groups in total. The van der Waals surface area contributed by atoms with Crippen molar-refractivity contribution < 1.29 is 10.2 Å². The fourth-order valence-electron chi connectivity index (χ4n) is 1.52. The van der Waals surface area contributed by atoms with E-state index in [0.717, 1.165) is 18.0 Å². The van der Waals surface area contributed by atoms with Crippen molar-refractivity contribution in [3.05, 3.63) is 21.3 Å². The molecule has 0 aromatic carbocycles. The maximum atomic E-state index is 9.91. The number of hydrogen-bond donors (Lipinski definition) is 2. The summed E-state index contributed by atoms with van der Waals surface area (Å²) in [5.41, 5.74) is 0. The second-order valence-corrected chi connectivity index (χ2v) is 5.35. The number of aliphatic hydroxyl groups excluding tert-OH is 2. The molecule has 1 rings (SSSR count). The average Bonchev–Trinajstić information content (AvgIpc) is 2.70. The SMILES string of the molecule is CCN(CCO)CCC(O)c1ccc(Cl)s1. The van der Waals surface area contributed by atoms with E-state index in [1.165, 1.54) is 11.3 Å². The fourth-order valence-corrected chi connectivity index (χ4v) is 2.61. The smallest absolute Gasteiger partial charge is 0.0932 e. The van der Waals surface area contributed by atoms with E-state index in [1.807, 2.05) is 13.0 Å². The fraction of sp³-hybridized carbons (Fsp3) is 0.636. The monoisotopic (exact) mass is 263 g/mol. The van der Waals surface area contributed by atoms with Crippen molar-refractivity contribution in [2.24, 2.45) is 0 Å². The molecule has 92 valence electrons. The van der Waals surface area contributed by atoms with Crippen LogP contribution in [-0.4, -0.2) is 41.4 Å². The van der Waals surface area contributed by atoms with Gasteiger partial charge in [0.25, 0.3) is 0 Å². The first kappa shape index (κ1) is 13.9. The van der Waals surface area contributed by atoms with Crippen LogP contribution in [0.3, 0.4) is 0 Å². The third-order valence-corrected chi connectivity index (χ3v) is 3.84. The van der Waals surface area contributed by atoms with Gasteiger partial charge < -0.3 is 15.1 Å². The normalized spacial score (nSPS) is 13.3. The Labute approximate surface area is 105 Å². The minimum absolute atomic E-state index is 0.161. The van der Waals surface area contributed by atoms with Gasteiger partial charge >= 0.3 is 0 Å². The van der Waals surface area contributed by atoms with Crippen molar-refractivity contribution in [1.29, 1.82) is 0 Å². The van der Waals surface area contributed by atoms with Crippen molar-refractivity contribution in [2.45, 2.75) is 19.4 Å². The number of rotatable bonds is 7. The Kier molecular flexibility index (Phi) is 6.31. The molecule has 1 unspecified atom stereocenters. The Morgan fingerprint density at radius 3 is 2.69 bits per heavy atom. The van der Waals surface area contributed by atoms with Crippen LogP contribution in [0, 0.1) is 0 Å². The third kappa shape index (κ3) is 4.39. The molecule has 0 fully saturated rings. The van der Waals surface area contributed by atoms with Crippen LogP contribution in [0.15, 0.2) is 12.1 Å².